The average molecular weight is 274 g/mol. The van der Waals surface area contributed by atoms with Gasteiger partial charge in [-0.3, -0.25) is 0 Å². The van der Waals surface area contributed by atoms with Crippen molar-refractivity contribution in [2.75, 3.05) is 26.7 Å². The lowest BCUT2D eigenvalue weighted by molar-refractivity contribution is 0.00936. The molecule has 110 valence electrons. The number of benzene rings is 1. The van der Waals surface area contributed by atoms with Gasteiger partial charge in [0.05, 0.1) is 12.7 Å². The second kappa shape index (κ2) is 6.25. The predicted octanol–water partition coefficient (Wildman–Crippen LogP) is 2.36. The number of ether oxygens (including phenoxy) is 1. The lowest BCUT2D eigenvalue weighted by atomic mass is 9.96. The fourth-order valence-electron chi connectivity index (χ4n) is 3.90. The van der Waals surface area contributed by atoms with Gasteiger partial charge >= 0.3 is 0 Å². The highest BCUT2D eigenvalue weighted by Crippen LogP contribution is 2.32. The fourth-order valence-corrected chi connectivity index (χ4v) is 3.90. The van der Waals surface area contributed by atoms with E-state index in [1.54, 1.807) is 0 Å². The minimum absolute atomic E-state index is 0.226. The van der Waals surface area contributed by atoms with Crippen molar-refractivity contribution in [3.8, 4) is 0 Å². The van der Waals surface area contributed by atoms with Gasteiger partial charge in [-0.05, 0) is 49.9 Å². The molecule has 1 aromatic carbocycles. The van der Waals surface area contributed by atoms with Crippen LogP contribution in [0.3, 0.4) is 0 Å². The molecule has 1 aliphatic heterocycles. The summed E-state index contributed by atoms with van der Waals surface area (Å²) < 4.78 is 6.03. The summed E-state index contributed by atoms with van der Waals surface area (Å²) >= 11 is 0. The maximum Gasteiger partial charge on any atom is 0.0954 e. The molecule has 20 heavy (non-hydrogen) atoms. The third kappa shape index (κ3) is 2.76. The zero-order chi connectivity index (χ0) is 13.9. The van der Waals surface area contributed by atoms with Crippen LogP contribution in [0.1, 0.15) is 36.5 Å². The molecule has 3 heteroatoms. The molecule has 1 aromatic rings. The number of nitrogens with two attached hydrogens (primary N) is 1. The van der Waals surface area contributed by atoms with Crippen molar-refractivity contribution in [3.63, 3.8) is 0 Å². The van der Waals surface area contributed by atoms with Crippen LogP contribution in [-0.2, 0) is 11.2 Å². The Morgan fingerprint density at radius 2 is 2.15 bits per heavy atom. The van der Waals surface area contributed by atoms with Crippen molar-refractivity contribution in [2.24, 2.45) is 11.7 Å². The number of nitrogens with zero attached hydrogens (tertiary/aromatic N) is 1. The van der Waals surface area contributed by atoms with Crippen LogP contribution >= 0.6 is 0 Å². The molecule has 0 aromatic heterocycles. The first-order valence-electron chi connectivity index (χ1n) is 7.89. The van der Waals surface area contributed by atoms with Gasteiger partial charge in [-0.1, -0.05) is 30.7 Å². The van der Waals surface area contributed by atoms with Gasteiger partial charge in [-0.15, -0.1) is 0 Å². The van der Waals surface area contributed by atoms with Crippen LogP contribution in [0.5, 0.6) is 0 Å². The van der Waals surface area contributed by atoms with Crippen molar-refractivity contribution < 1.29 is 4.74 Å². The number of rotatable bonds is 4. The maximum absolute atomic E-state index is 6.03. The number of likely N-dealkylation sites (N-methyl/N-ethyl adjacent to an activating group) is 1. The summed E-state index contributed by atoms with van der Waals surface area (Å²) in [5, 5.41) is 0. The monoisotopic (exact) mass is 274 g/mol. The molecule has 1 heterocycles. The molecular formula is C17H26N2O. The Labute approximate surface area is 122 Å². The van der Waals surface area contributed by atoms with Crippen LogP contribution in [0.2, 0.25) is 0 Å². The lowest BCUT2D eigenvalue weighted by Crippen LogP contribution is -2.41. The van der Waals surface area contributed by atoms with Gasteiger partial charge in [-0.25, -0.2) is 0 Å². The first-order chi connectivity index (χ1) is 9.79. The molecule has 0 spiro atoms. The van der Waals surface area contributed by atoms with Gasteiger partial charge in [0.25, 0.3) is 0 Å². The molecule has 3 atom stereocenters. The van der Waals surface area contributed by atoms with Gasteiger partial charge in [0.1, 0.15) is 0 Å². The van der Waals surface area contributed by atoms with Crippen LogP contribution < -0.4 is 5.73 Å². The Morgan fingerprint density at radius 3 is 3.00 bits per heavy atom. The molecule has 3 nitrogen and oxygen atoms in total. The van der Waals surface area contributed by atoms with Crippen LogP contribution in [0, 0.1) is 5.92 Å². The number of hydrogen-bond donors (Lipinski definition) is 1. The second-order valence-corrected chi connectivity index (χ2v) is 6.24. The van der Waals surface area contributed by atoms with Crippen LogP contribution in [0.4, 0.5) is 0 Å². The Balaban J connectivity index is 1.69. The van der Waals surface area contributed by atoms with Crippen molar-refractivity contribution in [2.45, 2.75) is 37.8 Å². The minimum atomic E-state index is 0.226. The second-order valence-electron chi connectivity index (χ2n) is 6.24. The SMILES string of the molecule is CN(CC1OCCc2ccccc21)C1CCCC1CN. The van der Waals surface area contributed by atoms with Crippen LogP contribution in [0.15, 0.2) is 24.3 Å². The smallest absolute Gasteiger partial charge is 0.0954 e. The summed E-state index contributed by atoms with van der Waals surface area (Å²) in [5.74, 6) is 0.666. The van der Waals surface area contributed by atoms with Crippen molar-refractivity contribution >= 4 is 0 Å². The van der Waals surface area contributed by atoms with Gasteiger partial charge in [0.2, 0.25) is 0 Å². The van der Waals surface area contributed by atoms with E-state index in [0.717, 1.165) is 26.1 Å². The third-order valence-electron chi connectivity index (χ3n) is 5.03. The zero-order valence-electron chi connectivity index (χ0n) is 12.4. The molecule has 0 amide bonds. The van der Waals surface area contributed by atoms with E-state index in [2.05, 4.69) is 36.2 Å². The first-order valence-corrected chi connectivity index (χ1v) is 7.89. The van der Waals surface area contributed by atoms with E-state index < -0.39 is 0 Å². The maximum atomic E-state index is 6.03. The highest BCUT2D eigenvalue weighted by molar-refractivity contribution is 5.31. The topological polar surface area (TPSA) is 38.5 Å². The zero-order valence-corrected chi connectivity index (χ0v) is 12.4. The van der Waals surface area contributed by atoms with E-state index in [4.69, 9.17) is 10.5 Å². The fraction of sp³-hybridized carbons (Fsp3) is 0.647. The first kappa shape index (κ1) is 14.1. The largest absolute Gasteiger partial charge is 0.372 e. The molecule has 0 bridgehead atoms. The molecule has 2 N–H and O–H groups in total. The van der Waals surface area contributed by atoms with Crippen LogP contribution in [-0.4, -0.2) is 37.7 Å². The Kier molecular flexibility index (Phi) is 4.39. The van der Waals surface area contributed by atoms with Gasteiger partial charge in [0, 0.05) is 12.6 Å². The highest BCUT2D eigenvalue weighted by atomic mass is 16.5. The molecular weight excluding hydrogens is 248 g/mol. The molecule has 0 radical (unpaired) electrons. The highest BCUT2D eigenvalue weighted by Gasteiger charge is 2.31. The van der Waals surface area contributed by atoms with E-state index in [-0.39, 0.29) is 6.10 Å². The summed E-state index contributed by atoms with van der Waals surface area (Å²) in [7, 11) is 2.24. The molecule has 3 unspecified atom stereocenters. The lowest BCUT2D eigenvalue weighted by Gasteiger charge is -2.34. The Morgan fingerprint density at radius 1 is 1.30 bits per heavy atom. The summed E-state index contributed by atoms with van der Waals surface area (Å²) in [6, 6.07) is 9.36. The Bertz CT molecular complexity index is 448. The average Bonchev–Trinajstić information content (AvgIpc) is 2.96. The summed E-state index contributed by atoms with van der Waals surface area (Å²) in [5.41, 5.74) is 8.75. The standard InChI is InChI=1S/C17H26N2O/c1-19(16-8-4-6-14(16)11-18)12-17-15-7-3-2-5-13(15)9-10-20-17/h2-3,5,7,14,16-17H,4,6,8-12,18H2,1H3. The van der Waals surface area contributed by atoms with Gasteiger partial charge in [-0.2, -0.15) is 0 Å². The van der Waals surface area contributed by atoms with Gasteiger partial charge < -0.3 is 15.4 Å². The Hall–Kier alpha value is -0.900. The number of fused-ring (bicyclic) bond motifs is 1. The molecule has 0 saturated heterocycles. The van der Waals surface area contributed by atoms with Crippen molar-refractivity contribution in [1.82, 2.24) is 4.90 Å². The van der Waals surface area contributed by atoms with E-state index in [1.807, 2.05) is 0 Å². The molecule has 3 rings (SSSR count). The molecule has 1 aliphatic carbocycles. The summed E-state index contributed by atoms with van der Waals surface area (Å²) in [6.45, 7) is 2.65. The summed E-state index contributed by atoms with van der Waals surface area (Å²) in [6.07, 6.45) is 5.16. The van der Waals surface area contributed by atoms with Crippen LogP contribution in [0.25, 0.3) is 0 Å². The normalized spacial score (nSPS) is 29.6. The molecule has 1 saturated carbocycles. The quantitative estimate of drug-likeness (QED) is 0.916. The van der Waals surface area contributed by atoms with Crippen molar-refractivity contribution in [3.05, 3.63) is 35.4 Å². The predicted molar refractivity (Wildman–Crippen MR) is 81.7 cm³/mol. The molecule has 2 aliphatic rings. The number of hydrogen-bond acceptors (Lipinski definition) is 3. The van der Waals surface area contributed by atoms with Gasteiger partial charge in [0.15, 0.2) is 0 Å². The minimum Gasteiger partial charge on any atom is -0.372 e. The van der Waals surface area contributed by atoms with E-state index in [1.165, 1.54) is 30.4 Å². The van der Waals surface area contributed by atoms with E-state index in [9.17, 15) is 0 Å². The third-order valence-corrected chi connectivity index (χ3v) is 5.03. The molecule has 1 fully saturated rings. The van der Waals surface area contributed by atoms with E-state index >= 15 is 0 Å². The van der Waals surface area contributed by atoms with Crippen molar-refractivity contribution in [1.29, 1.82) is 0 Å². The van der Waals surface area contributed by atoms with E-state index in [0.29, 0.717) is 12.0 Å². The summed E-state index contributed by atoms with van der Waals surface area (Å²) in [4.78, 5) is 2.48.